The van der Waals surface area contributed by atoms with Gasteiger partial charge in [0.1, 0.15) is 5.00 Å². The zero-order chi connectivity index (χ0) is 12.3. The number of anilines is 1. The number of aromatic nitrogens is 1. The predicted molar refractivity (Wildman–Crippen MR) is 68.1 cm³/mol. The fraction of sp³-hybridized carbons (Fsp3) is 0.636. The number of rotatable bonds is 3. The summed E-state index contributed by atoms with van der Waals surface area (Å²) in [5, 5.41) is 3.65. The lowest BCUT2D eigenvalue weighted by molar-refractivity contribution is 0.211. The number of carbonyl (C=O) groups is 1. The van der Waals surface area contributed by atoms with Crippen LogP contribution in [-0.4, -0.2) is 28.4 Å². The van der Waals surface area contributed by atoms with E-state index in [1.165, 1.54) is 11.5 Å². The van der Waals surface area contributed by atoms with Crippen LogP contribution in [0, 0.1) is 0 Å². The van der Waals surface area contributed by atoms with Crippen molar-refractivity contribution in [3.05, 3.63) is 11.8 Å². The van der Waals surface area contributed by atoms with E-state index in [1.54, 1.807) is 11.9 Å². The van der Waals surface area contributed by atoms with E-state index in [4.69, 9.17) is 0 Å². The highest BCUT2D eigenvalue weighted by Gasteiger charge is 2.13. The zero-order valence-electron chi connectivity index (χ0n) is 10.4. The largest absolute Gasteiger partial charge is 0.325 e. The van der Waals surface area contributed by atoms with E-state index in [-0.39, 0.29) is 12.1 Å². The van der Waals surface area contributed by atoms with E-state index in [1.807, 2.05) is 19.9 Å². The van der Waals surface area contributed by atoms with Crippen molar-refractivity contribution in [3.8, 4) is 0 Å². The molecule has 0 aliphatic carbocycles. The number of nitrogens with one attached hydrogen (secondary N) is 1. The van der Waals surface area contributed by atoms with Gasteiger partial charge in [0, 0.05) is 13.1 Å². The standard InChI is InChI=1S/C11H19N3OS/c1-7(2)9-6-10(16-13-9)12-11(15)14(5)8(3)4/h6-8H,1-5H3,(H,12,15). The lowest BCUT2D eigenvalue weighted by Gasteiger charge is -2.21. The van der Waals surface area contributed by atoms with Crippen molar-refractivity contribution in [2.75, 3.05) is 12.4 Å². The van der Waals surface area contributed by atoms with E-state index >= 15 is 0 Å². The molecule has 0 aliphatic rings. The van der Waals surface area contributed by atoms with Crippen LogP contribution in [0.5, 0.6) is 0 Å². The Kier molecular flexibility index (Phi) is 4.29. The number of amides is 2. The van der Waals surface area contributed by atoms with E-state index in [0.29, 0.717) is 5.92 Å². The summed E-state index contributed by atoms with van der Waals surface area (Å²) in [5.41, 5.74) is 1.02. The second-order valence-corrected chi connectivity index (χ2v) is 5.21. The molecule has 16 heavy (non-hydrogen) atoms. The van der Waals surface area contributed by atoms with Crippen LogP contribution in [0.1, 0.15) is 39.3 Å². The average molecular weight is 241 g/mol. The van der Waals surface area contributed by atoms with Gasteiger partial charge in [0.15, 0.2) is 0 Å². The molecule has 0 unspecified atom stereocenters. The van der Waals surface area contributed by atoms with Crippen LogP contribution >= 0.6 is 11.5 Å². The average Bonchev–Trinajstić information content (AvgIpc) is 2.64. The van der Waals surface area contributed by atoms with E-state index in [2.05, 4.69) is 23.5 Å². The summed E-state index contributed by atoms with van der Waals surface area (Å²) in [4.78, 5) is 13.4. The molecule has 0 saturated carbocycles. The lowest BCUT2D eigenvalue weighted by atomic mass is 10.1. The molecule has 5 heteroatoms. The van der Waals surface area contributed by atoms with Gasteiger partial charge >= 0.3 is 6.03 Å². The Hall–Kier alpha value is -1.10. The molecular formula is C11H19N3OS. The summed E-state index contributed by atoms with van der Waals surface area (Å²) in [6.07, 6.45) is 0. The first kappa shape index (κ1) is 13.0. The number of urea groups is 1. The van der Waals surface area contributed by atoms with Crippen LogP contribution in [0.4, 0.5) is 9.80 Å². The summed E-state index contributed by atoms with van der Waals surface area (Å²) < 4.78 is 4.28. The summed E-state index contributed by atoms with van der Waals surface area (Å²) in [7, 11) is 1.78. The number of hydrogen-bond acceptors (Lipinski definition) is 3. The highest BCUT2D eigenvalue weighted by atomic mass is 32.1. The Morgan fingerprint density at radius 1 is 1.44 bits per heavy atom. The SMILES string of the molecule is CC(C)c1cc(NC(=O)N(C)C(C)C)sn1. The van der Waals surface area contributed by atoms with E-state index < -0.39 is 0 Å². The van der Waals surface area contributed by atoms with Crippen molar-refractivity contribution < 1.29 is 4.79 Å². The minimum Gasteiger partial charge on any atom is -0.325 e. The Balaban J connectivity index is 2.63. The molecule has 1 heterocycles. The number of nitrogens with zero attached hydrogens (tertiary/aromatic N) is 2. The first-order valence-corrected chi connectivity index (χ1v) is 6.19. The Morgan fingerprint density at radius 3 is 2.50 bits per heavy atom. The van der Waals surface area contributed by atoms with Gasteiger partial charge in [0.2, 0.25) is 0 Å². The third-order valence-electron chi connectivity index (χ3n) is 2.44. The highest BCUT2D eigenvalue weighted by molar-refractivity contribution is 7.10. The predicted octanol–water partition coefficient (Wildman–Crippen LogP) is 3.14. The fourth-order valence-corrected chi connectivity index (χ4v) is 1.82. The normalized spacial score (nSPS) is 10.9. The molecule has 0 fully saturated rings. The molecule has 2 amide bonds. The van der Waals surface area contributed by atoms with E-state index in [0.717, 1.165) is 10.7 Å². The molecular weight excluding hydrogens is 222 g/mol. The van der Waals surface area contributed by atoms with Gasteiger partial charge in [-0.2, -0.15) is 4.37 Å². The molecule has 1 rings (SSSR count). The molecule has 0 bridgehead atoms. The second-order valence-electron chi connectivity index (χ2n) is 4.41. The zero-order valence-corrected chi connectivity index (χ0v) is 11.3. The van der Waals surface area contributed by atoms with Crippen LogP contribution in [0.3, 0.4) is 0 Å². The Bertz CT molecular complexity index is 360. The topological polar surface area (TPSA) is 45.2 Å². The maximum atomic E-state index is 11.7. The van der Waals surface area contributed by atoms with Crippen LogP contribution in [-0.2, 0) is 0 Å². The lowest BCUT2D eigenvalue weighted by Crippen LogP contribution is -2.36. The molecule has 0 aliphatic heterocycles. The van der Waals surface area contributed by atoms with Gasteiger partial charge in [-0.15, -0.1) is 0 Å². The molecule has 1 N–H and O–H groups in total. The minimum atomic E-state index is -0.0889. The molecule has 0 radical (unpaired) electrons. The molecule has 0 atom stereocenters. The van der Waals surface area contributed by atoms with Crippen molar-refractivity contribution in [3.63, 3.8) is 0 Å². The number of hydrogen-bond donors (Lipinski definition) is 1. The third kappa shape index (κ3) is 3.20. The molecule has 0 saturated heterocycles. The Morgan fingerprint density at radius 2 is 2.06 bits per heavy atom. The summed E-state index contributed by atoms with van der Waals surface area (Å²) >= 11 is 1.33. The maximum Gasteiger partial charge on any atom is 0.322 e. The van der Waals surface area contributed by atoms with Gasteiger partial charge in [0.25, 0.3) is 0 Å². The minimum absolute atomic E-state index is 0.0889. The van der Waals surface area contributed by atoms with Crippen molar-refractivity contribution in [2.24, 2.45) is 0 Å². The van der Waals surface area contributed by atoms with Gasteiger partial charge in [0.05, 0.1) is 5.69 Å². The highest BCUT2D eigenvalue weighted by Crippen LogP contribution is 2.22. The van der Waals surface area contributed by atoms with Gasteiger partial charge in [-0.1, -0.05) is 13.8 Å². The van der Waals surface area contributed by atoms with Crippen LogP contribution in [0.15, 0.2) is 6.07 Å². The van der Waals surface area contributed by atoms with E-state index in [9.17, 15) is 4.79 Å². The van der Waals surface area contributed by atoms with Crippen LogP contribution in [0.2, 0.25) is 0 Å². The van der Waals surface area contributed by atoms with Gasteiger partial charge in [-0.25, -0.2) is 4.79 Å². The molecule has 1 aromatic heterocycles. The first-order chi connectivity index (χ1) is 7.41. The quantitative estimate of drug-likeness (QED) is 0.883. The number of carbonyl (C=O) groups excluding carboxylic acids is 1. The van der Waals surface area contributed by atoms with Crippen molar-refractivity contribution in [2.45, 2.75) is 39.7 Å². The molecule has 0 aromatic carbocycles. The van der Waals surface area contributed by atoms with Gasteiger partial charge < -0.3 is 4.90 Å². The second kappa shape index (κ2) is 5.30. The summed E-state index contributed by atoms with van der Waals surface area (Å²) in [5.74, 6) is 0.393. The summed E-state index contributed by atoms with van der Waals surface area (Å²) in [6, 6.07) is 2.04. The summed E-state index contributed by atoms with van der Waals surface area (Å²) in [6.45, 7) is 8.12. The van der Waals surface area contributed by atoms with Crippen molar-refractivity contribution in [1.29, 1.82) is 0 Å². The van der Waals surface area contributed by atoms with Gasteiger partial charge in [-0.05, 0) is 37.4 Å². The van der Waals surface area contributed by atoms with Gasteiger partial charge in [-0.3, -0.25) is 5.32 Å². The molecule has 0 spiro atoms. The fourth-order valence-electron chi connectivity index (χ4n) is 1.05. The van der Waals surface area contributed by atoms with Crippen LogP contribution in [0.25, 0.3) is 0 Å². The first-order valence-electron chi connectivity index (χ1n) is 5.42. The molecule has 1 aromatic rings. The smallest absolute Gasteiger partial charge is 0.322 e. The van der Waals surface area contributed by atoms with Crippen LogP contribution < -0.4 is 5.32 Å². The molecule has 4 nitrogen and oxygen atoms in total. The maximum absolute atomic E-state index is 11.7. The van der Waals surface area contributed by atoms with Crippen molar-refractivity contribution in [1.82, 2.24) is 9.27 Å². The molecule has 90 valence electrons. The van der Waals surface area contributed by atoms with Crippen molar-refractivity contribution >= 4 is 22.6 Å². The monoisotopic (exact) mass is 241 g/mol. The Labute approximate surface area is 101 Å². The third-order valence-corrected chi connectivity index (χ3v) is 3.16.